The lowest BCUT2D eigenvalue weighted by atomic mass is 9.81. The highest BCUT2D eigenvalue weighted by molar-refractivity contribution is 5.96. The molecule has 164 valence electrons. The molecule has 2 N–H and O–H groups in total. The van der Waals surface area contributed by atoms with Crippen molar-refractivity contribution in [3.8, 4) is 17.2 Å². The molecule has 0 aromatic heterocycles. The monoisotopic (exact) mass is 424 g/mol. The van der Waals surface area contributed by atoms with Gasteiger partial charge in [-0.3, -0.25) is 9.59 Å². The predicted molar refractivity (Wildman–Crippen MR) is 115 cm³/mol. The molecule has 2 fully saturated rings. The van der Waals surface area contributed by atoms with Crippen LogP contribution in [0.5, 0.6) is 17.2 Å². The number of ether oxygens (including phenoxy) is 1. The van der Waals surface area contributed by atoms with Gasteiger partial charge in [0.1, 0.15) is 23.3 Å². The van der Waals surface area contributed by atoms with Gasteiger partial charge in [0, 0.05) is 24.6 Å². The molecule has 7 nitrogen and oxygen atoms in total. The first-order valence-electron chi connectivity index (χ1n) is 10.8. The van der Waals surface area contributed by atoms with Crippen molar-refractivity contribution in [2.75, 3.05) is 26.2 Å². The summed E-state index contributed by atoms with van der Waals surface area (Å²) in [6.45, 7) is 3.60. The van der Waals surface area contributed by atoms with E-state index in [2.05, 4.69) is 0 Å². The first-order valence-corrected chi connectivity index (χ1v) is 10.8. The lowest BCUT2D eigenvalue weighted by molar-refractivity contribution is -0.158. The Morgan fingerprint density at radius 2 is 1.87 bits per heavy atom. The molecule has 0 spiro atoms. The molecule has 0 bridgehead atoms. The van der Waals surface area contributed by atoms with Crippen LogP contribution in [0.3, 0.4) is 0 Å². The molecule has 0 saturated carbocycles. The fourth-order valence-electron chi connectivity index (χ4n) is 4.64. The number of amides is 2. The fourth-order valence-corrected chi connectivity index (χ4v) is 4.64. The molecule has 0 unspecified atom stereocenters. The van der Waals surface area contributed by atoms with Crippen molar-refractivity contribution in [2.45, 2.75) is 38.1 Å². The third kappa shape index (κ3) is 4.31. The van der Waals surface area contributed by atoms with Crippen molar-refractivity contribution in [1.82, 2.24) is 9.80 Å². The van der Waals surface area contributed by atoms with Crippen molar-refractivity contribution >= 4 is 11.8 Å². The van der Waals surface area contributed by atoms with Gasteiger partial charge < -0.3 is 24.7 Å². The van der Waals surface area contributed by atoms with Gasteiger partial charge in [-0.15, -0.1) is 0 Å². The molecule has 2 heterocycles. The number of phenolic OH excluding ortho intramolecular Hbond substituents is 2. The maximum absolute atomic E-state index is 13.4. The number of rotatable bonds is 6. The van der Waals surface area contributed by atoms with Crippen molar-refractivity contribution in [3.05, 3.63) is 53.6 Å². The zero-order chi connectivity index (χ0) is 22.0. The number of fused-ring (bicyclic) bond motifs is 1. The van der Waals surface area contributed by atoms with Gasteiger partial charge in [0.2, 0.25) is 11.8 Å². The average Bonchev–Trinajstić information content (AvgIpc) is 2.77. The van der Waals surface area contributed by atoms with Crippen LogP contribution in [0.25, 0.3) is 0 Å². The molecular weight excluding hydrogens is 396 g/mol. The summed E-state index contributed by atoms with van der Waals surface area (Å²) in [5.41, 5.74) is 1.58. The Kier molecular flexibility index (Phi) is 6.02. The van der Waals surface area contributed by atoms with E-state index in [0.717, 1.165) is 17.7 Å². The van der Waals surface area contributed by atoms with Crippen molar-refractivity contribution in [3.63, 3.8) is 0 Å². The number of benzene rings is 2. The highest BCUT2D eigenvalue weighted by atomic mass is 16.5. The quantitative estimate of drug-likeness (QED) is 0.696. The lowest BCUT2D eigenvalue weighted by Crippen LogP contribution is -2.63. The highest BCUT2D eigenvalue weighted by Gasteiger charge is 2.46. The van der Waals surface area contributed by atoms with Crippen molar-refractivity contribution < 1.29 is 24.5 Å². The van der Waals surface area contributed by atoms with Gasteiger partial charge in [0.15, 0.2) is 0 Å². The Labute approximate surface area is 181 Å². The number of aromatic hydroxyl groups is 2. The average molecular weight is 424 g/mol. The second kappa shape index (κ2) is 8.88. The normalized spacial score (nSPS) is 21.2. The number of nitrogens with zero attached hydrogens (tertiary/aromatic N) is 2. The number of carbonyl (C=O) groups is 2. The largest absolute Gasteiger partial charge is 0.508 e. The van der Waals surface area contributed by atoms with E-state index in [4.69, 9.17) is 4.74 Å². The summed E-state index contributed by atoms with van der Waals surface area (Å²) in [7, 11) is 0. The van der Waals surface area contributed by atoms with Crippen molar-refractivity contribution in [1.29, 1.82) is 0 Å². The summed E-state index contributed by atoms with van der Waals surface area (Å²) in [6, 6.07) is 11.5. The maximum Gasteiger partial charge on any atom is 0.246 e. The van der Waals surface area contributed by atoms with Crippen LogP contribution < -0.4 is 4.74 Å². The third-order valence-electron chi connectivity index (χ3n) is 6.16. The summed E-state index contributed by atoms with van der Waals surface area (Å²) < 4.78 is 5.46. The SMILES string of the molecule is CCOc1ccc(CCN2CC(=O)N3CCC[C@H](c4cc(O)ccc4O)[C@H]3C2=O)cc1. The third-order valence-corrected chi connectivity index (χ3v) is 6.16. The summed E-state index contributed by atoms with van der Waals surface area (Å²) in [4.78, 5) is 29.5. The number of piperidine rings is 1. The molecule has 31 heavy (non-hydrogen) atoms. The van der Waals surface area contributed by atoms with E-state index in [1.807, 2.05) is 31.2 Å². The lowest BCUT2D eigenvalue weighted by Gasteiger charge is -2.46. The number of hydrogen-bond donors (Lipinski definition) is 2. The fraction of sp³-hybridized carbons (Fsp3) is 0.417. The number of carbonyl (C=O) groups excluding carboxylic acids is 2. The summed E-state index contributed by atoms with van der Waals surface area (Å²) in [5.74, 6) is 0.370. The van der Waals surface area contributed by atoms with Crippen LogP contribution in [-0.2, 0) is 16.0 Å². The Morgan fingerprint density at radius 1 is 1.10 bits per heavy atom. The molecule has 2 aromatic rings. The van der Waals surface area contributed by atoms with E-state index < -0.39 is 6.04 Å². The van der Waals surface area contributed by atoms with Crippen LogP contribution in [0.4, 0.5) is 0 Å². The molecular formula is C24H28N2O5. The molecule has 0 radical (unpaired) electrons. The second-order valence-electron chi connectivity index (χ2n) is 8.11. The summed E-state index contributed by atoms with van der Waals surface area (Å²) in [5, 5.41) is 20.3. The molecule has 2 saturated heterocycles. The Morgan fingerprint density at radius 3 is 2.61 bits per heavy atom. The smallest absolute Gasteiger partial charge is 0.246 e. The molecule has 2 atom stereocenters. The van der Waals surface area contributed by atoms with Crippen LogP contribution in [-0.4, -0.2) is 64.1 Å². The van der Waals surface area contributed by atoms with Crippen molar-refractivity contribution in [2.24, 2.45) is 0 Å². The maximum atomic E-state index is 13.4. The van der Waals surface area contributed by atoms with E-state index in [1.54, 1.807) is 9.80 Å². The molecule has 2 amide bonds. The number of piperazine rings is 1. The van der Waals surface area contributed by atoms with E-state index in [-0.39, 0.29) is 35.8 Å². The molecule has 2 aromatic carbocycles. The molecule has 2 aliphatic rings. The Bertz CT molecular complexity index is 959. The Hall–Kier alpha value is -3.22. The zero-order valence-corrected chi connectivity index (χ0v) is 17.7. The Balaban J connectivity index is 1.52. The van der Waals surface area contributed by atoms with E-state index in [1.165, 1.54) is 18.2 Å². The first kappa shape index (κ1) is 21.0. The standard InChI is InChI=1S/C24H28N2O5/c1-2-31-18-8-5-16(6-9-18)11-13-25-15-22(29)26-12-3-4-19(23(26)24(25)30)20-14-17(27)7-10-21(20)28/h5-10,14,19,23,27-28H,2-4,11-13,15H2,1H3/t19-,23+/m1/s1. The summed E-state index contributed by atoms with van der Waals surface area (Å²) >= 11 is 0. The van der Waals surface area contributed by atoms with Gasteiger partial charge in [-0.05, 0) is 62.1 Å². The van der Waals surface area contributed by atoms with E-state index in [0.29, 0.717) is 38.1 Å². The second-order valence-corrected chi connectivity index (χ2v) is 8.11. The summed E-state index contributed by atoms with van der Waals surface area (Å²) in [6.07, 6.45) is 2.06. The predicted octanol–water partition coefficient (Wildman–Crippen LogP) is 2.66. The van der Waals surface area contributed by atoms with Gasteiger partial charge in [0.25, 0.3) is 0 Å². The van der Waals surface area contributed by atoms with Crippen LogP contribution >= 0.6 is 0 Å². The van der Waals surface area contributed by atoms with E-state index in [9.17, 15) is 19.8 Å². The van der Waals surface area contributed by atoms with Gasteiger partial charge in [-0.25, -0.2) is 0 Å². The molecule has 2 aliphatic heterocycles. The van der Waals surface area contributed by atoms with Gasteiger partial charge >= 0.3 is 0 Å². The molecule has 7 heteroatoms. The van der Waals surface area contributed by atoms with Crippen LogP contribution in [0.2, 0.25) is 0 Å². The van der Waals surface area contributed by atoms with Crippen LogP contribution in [0.1, 0.15) is 36.8 Å². The zero-order valence-electron chi connectivity index (χ0n) is 17.7. The minimum absolute atomic E-state index is 0.0341. The number of phenols is 2. The molecule has 4 rings (SSSR count). The van der Waals surface area contributed by atoms with Crippen LogP contribution in [0.15, 0.2) is 42.5 Å². The minimum atomic E-state index is -0.650. The van der Waals surface area contributed by atoms with E-state index >= 15 is 0 Å². The molecule has 0 aliphatic carbocycles. The number of hydrogen-bond acceptors (Lipinski definition) is 5. The van der Waals surface area contributed by atoms with Gasteiger partial charge in [-0.2, -0.15) is 0 Å². The highest BCUT2D eigenvalue weighted by Crippen LogP contribution is 2.40. The topological polar surface area (TPSA) is 90.3 Å². The van der Waals surface area contributed by atoms with Crippen LogP contribution in [0, 0.1) is 0 Å². The van der Waals surface area contributed by atoms with Gasteiger partial charge in [0.05, 0.1) is 13.2 Å². The first-order chi connectivity index (χ1) is 15.0. The minimum Gasteiger partial charge on any atom is -0.508 e. The van der Waals surface area contributed by atoms with Gasteiger partial charge in [-0.1, -0.05) is 12.1 Å².